The first-order valence-corrected chi connectivity index (χ1v) is 9.89. The molecule has 0 aromatic heterocycles. The molecule has 162 valence electrons. The maximum absolute atomic E-state index is 12.3. The predicted molar refractivity (Wildman–Crippen MR) is 114 cm³/mol. The molecule has 9 nitrogen and oxygen atoms in total. The van der Waals surface area contributed by atoms with Gasteiger partial charge >= 0.3 is 11.9 Å². The van der Waals surface area contributed by atoms with Gasteiger partial charge in [0.15, 0.2) is 12.6 Å². The van der Waals surface area contributed by atoms with E-state index in [9.17, 15) is 14.4 Å². The van der Waals surface area contributed by atoms with Gasteiger partial charge in [-0.3, -0.25) is 4.79 Å². The van der Waals surface area contributed by atoms with Crippen molar-refractivity contribution in [1.29, 1.82) is 0 Å². The molecule has 0 atom stereocenters. The highest BCUT2D eigenvalue weighted by Crippen LogP contribution is 2.17. The Hall–Kier alpha value is -3.88. The lowest BCUT2D eigenvalue weighted by molar-refractivity contribution is -0.135. The van der Waals surface area contributed by atoms with E-state index in [4.69, 9.17) is 20.9 Å². The maximum Gasteiger partial charge on any atom is 0.343 e. The van der Waals surface area contributed by atoms with Gasteiger partial charge in [-0.1, -0.05) is 0 Å². The van der Waals surface area contributed by atoms with Crippen molar-refractivity contribution in [3.63, 3.8) is 0 Å². The van der Waals surface area contributed by atoms with Gasteiger partial charge in [0.05, 0.1) is 16.8 Å². The Labute approximate surface area is 179 Å². The number of nitrogens with zero attached hydrogens (tertiary/aromatic N) is 2. The fourth-order valence-electron chi connectivity index (χ4n) is 3.09. The van der Waals surface area contributed by atoms with E-state index in [1.807, 2.05) is 0 Å². The summed E-state index contributed by atoms with van der Waals surface area (Å²) in [5.41, 5.74) is 11.7. The molecule has 31 heavy (non-hydrogen) atoms. The first-order valence-electron chi connectivity index (χ1n) is 9.89. The molecule has 0 bridgehead atoms. The van der Waals surface area contributed by atoms with Crippen LogP contribution in [-0.4, -0.2) is 48.4 Å². The molecule has 1 aliphatic rings. The molecular weight excluding hydrogens is 400 g/mol. The van der Waals surface area contributed by atoms with Crippen molar-refractivity contribution >= 4 is 29.5 Å². The molecule has 0 saturated carbocycles. The largest absolute Gasteiger partial charge is 0.452 e. The second kappa shape index (κ2) is 10.2. The number of aliphatic imine (C=N–C) groups is 1. The van der Waals surface area contributed by atoms with Crippen LogP contribution in [0.4, 0.5) is 5.69 Å². The third-order valence-electron chi connectivity index (χ3n) is 4.70. The van der Waals surface area contributed by atoms with Gasteiger partial charge in [0, 0.05) is 13.1 Å². The van der Waals surface area contributed by atoms with Crippen LogP contribution in [0.3, 0.4) is 0 Å². The summed E-state index contributed by atoms with van der Waals surface area (Å²) in [6.07, 6.45) is 3.06. The number of hydrogen-bond acceptors (Lipinski definition) is 6. The van der Waals surface area contributed by atoms with Gasteiger partial charge in [0.25, 0.3) is 5.91 Å². The van der Waals surface area contributed by atoms with Crippen LogP contribution in [0.2, 0.25) is 0 Å². The lowest BCUT2D eigenvalue weighted by Crippen LogP contribution is -2.38. The Kier molecular flexibility index (Phi) is 7.21. The molecule has 2 aromatic rings. The lowest BCUT2D eigenvalue weighted by Gasteiger charge is -2.26. The summed E-state index contributed by atoms with van der Waals surface area (Å²) in [5, 5.41) is 0. The van der Waals surface area contributed by atoms with Crippen molar-refractivity contribution in [3.8, 4) is 5.75 Å². The molecule has 1 fully saturated rings. The van der Waals surface area contributed by atoms with Crippen molar-refractivity contribution in [2.45, 2.75) is 19.3 Å². The second-order valence-corrected chi connectivity index (χ2v) is 7.02. The number of ether oxygens (including phenoxy) is 2. The summed E-state index contributed by atoms with van der Waals surface area (Å²) in [6.45, 7) is 1.12. The van der Waals surface area contributed by atoms with E-state index in [0.717, 1.165) is 19.3 Å². The van der Waals surface area contributed by atoms with Gasteiger partial charge in [-0.05, 0) is 67.8 Å². The molecule has 1 amide bonds. The number of amides is 1. The number of rotatable bonds is 6. The van der Waals surface area contributed by atoms with Crippen molar-refractivity contribution in [2.75, 3.05) is 19.7 Å². The van der Waals surface area contributed by atoms with Crippen LogP contribution in [0, 0.1) is 0 Å². The standard InChI is InChI=1S/C22H24N4O5/c23-22(24)25-17-8-4-16(5-9-17)21(29)31-18-10-6-15(7-11-18)20(28)30-14-19(27)26-12-2-1-3-13-26/h4-11H,1-3,12-14H2,(H4,23,24,25). The second-order valence-electron chi connectivity index (χ2n) is 7.02. The number of piperidine rings is 1. The molecule has 0 radical (unpaired) electrons. The number of carbonyl (C=O) groups is 3. The monoisotopic (exact) mass is 424 g/mol. The molecule has 1 heterocycles. The molecule has 1 saturated heterocycles. The van der Waals surface area contributed by atoms with Crippen LogP contribution in [0.15, 0.2) is 53.5 Å². The zero-order valence-electron chi connectivity index (χ0n) is 17.0. The van der Waals surface area contributed by atoms with E-state index in [0.29, 0.717) is 24.3 Å². The van der Waals surface area contributed by atoms with E-state index in [2.05, 4.69) is 4.99 Å². The van der Waals surface area contributed by atoms with E-state index in [1.54, 1.807) is 17.0 Å². The van der Waals surface area contributed by atoms with E-state index in [-0.39, 0.29) is 29.8 Å². The van der Waals surface area contributed by atoms with Gasteiger partial charge in [-0.25, -0.2) is 14.6 Å². The normalized spacial score (nSPS) is 13.2. The number of likely N-dealkylation sites (tertiary alicyclic amines) is 1. The molecular formula is C22H24N4O5. The summed E-state index contributed by atoms with van der Waals surface area (Å²) in [7, 11) is 0. The van der Waals surface area contributed by atoms with Crippen LogP contribution in [-0.2, 0) is 9.53 Å². The Balaban J connectivity index is 1.52. The average molecular weight is 424 g/mol. The maximum atomic E-state index is 12.3. The topological polar surface area (TPSA) is 137 Å². The van der Waals surface area contributed by atoms with Crippen molar-refractivity contribution < 1.29 is 23.9 Å². The first-order chi connectivity index (χ1) is 14.9. The minimum absolute atomic E-state index is 0.0789. The fourth-order valence-corrected chi connectivity index (χ4v) is 3.09. The van der Waals surface area contributed by atoms with Gasteiger partial charge < -0.3 is 25.8 Å². The number of hydrogen-bond donors (Lipinski definition) is 2. The summed E-state index contributed by atoms with van der Waals surface area (Å²) in [4.78, 5) is 42.1. The molecule has 2 aromatic carbocycles. The molecule has 1 aliphatic heterocycles. The van der Waals surface area contributed by atoms with Gasteiger partial charge in [-0.2, -0.15) is 0 Å². The minimum Gasteiger partial charge on any atom is -0.452 e. The highest BCUT2D eigenvalue weighted by atomic mass is 16.5. The van der Waals surface area contributed by atoms with Crippen molar-refractivity contribution in [2.24, 2.45) is 16.5 Å². The van der Waals surface area contributed by atoms with Crippen molar-refractivity contribution in [1.82, 2.24) is 4.90 Å². The number of guanidine groups is 1. The SMILES string of the molecule is NC(N)=Nc1ccc(C(=O)Oc2ccc(C(=O)OCC(=O)N3CCCCC3)cc2)cc1. The first kappa shape index (κ1) is 21.8. The Morgan fingerprint density at radius 2 is 1.42 bits per heavy atom. The zero-order valence-corrected chi connectivity index (χ0v) is 17.0. The molecule has 0 spiro atoms. The highest BCUT2D eigenvalue weighted by molar-refractivity contribution is 5.93. The summed E-state index contributed by atoms with van der Waals surface area (Å²) in [6, 6.07) is 12.1. The predicted octanol–water partition coefficient (Wildman–Crippen LogP) is 1.98. The van der Waals surface area contributed by atoms with Crippen molar-refractivity contribution in [3.05, 3.63) is 59.7 Å². The van der Waals surface area contributed by atoms with Crippen LogP contribution in [0.25, 0.3) is 0 Å². The van der Waals surface area contributed by atoms with Crippen LogP contribution >= 0.6 is 0 Å². The summed E-state index contributed by atoms with van der Waals surface area (Å²) in [5.74, 6) is -1.19. The number of esters is 2. The number of benzene rings is 2. The Morgan fingerprint density at radius 1 is 0.839 bits per heavy atom. The highest BCUT2D eigenvalue weighted by Gasteiger charge is 2.18. The third kappa shape index (κ3) is 6.30. The van der Waals surface area contributed by atoms with Crippen LogP contribution < -0.4 is 16.2 Å². The molecule has 3 rings (SSSR count). The van der Waals surface area contributed by atoms with Gasteiger partial charge in [0.1, 0.15) is 5.75 Å². The Morgan fingerprint density at radius 3 is 2.03 bits per heavy atom. The summed E-state index contributed by atoms with van der Waals surface area (Å²) < 4.78 is 10.4. The lowest BCUT2D eigenvalue weighted by atomic mass is 10.1. The number of carbonyl (C=O) groups excluding carboxylic acids is 3. The van der Waals surface area contributed by atoms with E-state index < -0.39 is 11.9 Å². The van der Waals surface area contributed by atoms with E-state index in [1.165, 1.54) is 36.4 Å². The Bertz CT molecular complexity index is 960. The zero-order chi connectivity index (χ0) is 22.2. The third-order valence-corrected chi connectivity index (χ3v) is 4.70. The molecule has 0 unspecified atom stereocenters. The average Bonchev–Trinajstić information content (AvgIpc) is 2.78. The quantitative estimate of drug-likeness (QED) is 0.313. The smallest absolute Gasteiger partial charge is 0.343 e. The summed E-state index contributed by atoms with van der Waals surface area (Å²) >= 11 is 0. The van der Waals surface area contributed by atoms with Gasteiger partial charge in [-0.15, -0.1) is 0 Å². The molecule has 0 aliphatic carbocycles. The van der Waals surface area contributed by atoms with Crippen LogP contribution in [0.5, 0.6) is 5.75 Å². The van der Waals surface area contributed by atoms with E-state index >= 15 is 0 Å². The molecule has 9 heteroatoms. The minimum atomic E-state index is -0.612. The van der Waals surface area contributed by atoms with Gasteiger partial charge in [0.2, 0.25) is 0 Å². The van der Waals surface area contributed by atoms with Crippen LogP contribution in [0.1, 0.15) is 40.0 Å². The fraction of sp³-hybridized carbons (Fsp3) is 0.273. The molecule has 4 N–H and O–H groups in total. The number of nitrogens with two attached hydrogens (primary N) is 2.